The number of guanidine groups is 1. The van der Waals surface area contributed by atoms with Crippen LogP contribution in [0.2, 0.25) is 0 Å². The van der Waals surface area contributed by atoms with E-state index in [9.17, 15) is 0 Å². The monoisotopic (exact) mass is 562 g/mol. The zero-order chi connectivity index (χ0) is 22.3. The summed E-state index contributed by atoms with van der Waals surface area (Å²) in [5.74, 6) is 3.03. The van der Waals surface area contributed by atoms with E-state index in [0.717, 1.165) is 42.7 Å². The van der Waals surface area contributed by atoms with Crippen LogP contribution >= 0.6 is 24.0 Å². The summed E-state index contributed by atoms with van der Waals surface area (Å²) in [5, 5.41) is 10.7. The van der Waals surface area contributed by atoms with Crippen LogP contribution in [0.15, 0.2) is 53.5 Å². The van der Waals surface area contributed by atoms with E-state index < -0.39 is 0 Å². The molecular formula is C24H31IN6O2. The topological polar surface area (TPSA) is 87.7 Å². The van der Waals surface area contributed by atoms with Crippen molar-refractivity contribution in [3.05, 3.63) is 65.5 Å². The molecule has 2 heterocycles. The Morgan fingerprint density at radius 3 is 2.76 bits per heavy atom. The van der Waals surface area contributed by atoms with Gasteiger partial charge >= 0.3 is 0 Å². The number of benzene rings is 2. The number of nitrogens with zero attached hydrogens (tertiary/aromatic N) is 4. The predicted octanol–water partition coefficient (Wildman–Crippen LogP) is 3.95. The molecule has 2 N–H and O–H groups in total. The first-order chi connectivity index (χ1) is 15.7. The first kappa shape index (κ1) is 25.0. The third-order valence-electron chi connectivity index (χ3n) is 5.49. The van der Waals surface area contributed by atoms with E-state index >= 15 is 0 Å². The summed E-state index contributed by atoms with van der Waals surface area (Å²) in [7, 11) is 1.65. The van der Waals surface area contributed by atoms with Gasteiger partial charge in [0.05, 0.1) is 20.3 Å². The lowest BCUT2D eigenvalue weighted by atomic mass is 10.0. The molecule has 8 nitrogen and oxygen atoms in total. The van der Waals surface area contributed by atoms with Gasteiger partial charge in [-0.3, -0.25) is 5.10 Å². The van der Waals surface area contributed by atoms with Crippen molar-refractivity contribution in [1.29, 1.82) is 0 Å². The first-order valence-electron chi connectivity index (χ1n) is 10.9. The standard InChI is InChI=1S/C24H30N6O2.HI/c1-4-25-24(30-13-14-32-21(16-30)20-8-6-5-7-17(20)2)26-15-22-27-23(29-28-22)18-9-11-19(31-3)12-10-18;/h5-12,21H,4,13-16H2,1-3H3,(H,25,26)(H,27,28,29);1H. The summed E-state index contributed by atoms with van der Waals surface area (Å²) >= 11 is 0. The Kier molecular flexibility index (Phi) is 9.07. The lowest BCUT2D eigenvalue weighted by Gasteiger charge is -2.35. The van der Waals surface area contributed by atoms with Crippen LogP contribution in [0.4, 0.5) is 0 Å². The van der Waals surface area contributed by atoms with Crippen LogP contribution in [0.3, 0.4) is 0 Å². The fraction of sp³-hybridized carbons (Fsp3) is 0.375. The lowest BCUT2D eigenvalue weighted by molar-refractivity contribution is -0.00834. The molecule has 0 radical (unpaired) electrons. The number of aliphatic imine (C=N–C) groups is 1. The Hall–Kier alpha value is -2.66. The van der Waals surface area contributed by atoms with Crippen molar-refractivity contribution in [2.45, 2.75) is 26.5 Å². The van der Waals surface area contributed by atoms with Crippen molar-refractivity contribution in [2.24, 2.45) is 4.99 Å². The predicted molar refractivity (Wildman–Crippen MR) is 140 cm³/mol. The summed E-state index contributed by atoms with van der Waals surface area (Å²) in [6.45, 7) is 7.61. The maximum atomic E-state index is 6.07. The number of ether oxygens (including phenoxy) is 2. The van der Waals surface area contributed by atoms with E-state index in [1.165, 1.54) is 11.1 Å². The van der Waals surface area contributed by atoms with Gasteiger partial charge < -0.3 is 19.7 Å². The van der Waals surface area contributed by atoms with E-state index in [4.69, 9.17) is 14.5 Å². The average molecular weight is 562 g/mol. The Balaban J connectivity index is 0.00000306. The molecule has 0 saturated carbocycles. The number of H-pyrrole nitrogens is 1. The molecule has 1 aliphatic rings. The van der Waals surface area contributed by atoms with Crippen LogP contribution in [0.5, 0.6) is 5.75 Å². The van der Waals surface area contributed by atoms with E-state index in [2.05, 4.69) is 63.5 Å². The highest BCUT2D eigenvalue weighted by molar-refractivity contribution is 14.0. The second-order valence-electron chi connectivity index (χ2n) is 7.67. The highest BCUT2D eigenvalue weighted by Crippen LogP contribution is 2.25. The van der Waals surface area contributed by atoms with Crippen LogP contribution in [-0.2, 0) is 11.3 Å². The molecule has 1 aromatic heterocycles. The summed E-state index contributed by atoms with van der Waals surface area (Å²) in [5.41, 5.74) is 3.40. The zero-order valence-electron chi connectivity index (χ0n) is 19.2. The van der Waals surface area contributed by atoms with Crippen molar-refractivity contribution < 1.29 is 9.47 Å². The van der Waals surface area contributed by atoms with E-state index in [1.54, 1.807) is 7.11 Å². The van der Waals surface area contributed by atoms with Gasteiger partial charge in [-0.05, 0) is 49.2 Å². The van der Waals surface area contributed by atoms with Crippen LogP contribution in [-0.4, -0.2) is 59.4 Å². The number of aromatic nitrogens is 3. The quantitative estimate of drug-likeness (QED) is 0.269. The van der Waals surface area contributed by atoms with Crippen LogP contribution in [0, 0.1) is 6.92 Å². The molecule has 2 aromatic carbocycles. The molecule has 4 rings (SSSR count). The highest BCUT2D eigenvalue weighted by Gasteiger charge is 2.25. The molecule has 176 valence electrons. The molecular weight excluding hydrogens is 531 g/mol. The highest BCUT2D eigenvalue weighted by atomic mass is 127. The number of nitrogens with one attached hydrogen (secondary N) is 2. The lowest BCUT2D eigenvalue weighted by Crippen LogP contribution is -2.48. The second kappa shape index (κ2) is 12.0. The van der Waals surface area contributed by atoms with Crippen molar-refractivity contribution in [2.75, 3.05) is 33.4 Å². The number of rotatable bonds is 6. The summed E-state index contributed by atoms with van der Waals surface area (Å²) in [6.07, 6.45) is 0.0285. The third kappa shape index (κ3) is 6.23. The molecule has 1 atom stereocenters. The van der Waals surface area contributed by atoms with Gasteiger partial charge in [0.25, 0.3) is 0 Å². The Bertz CT molecular complexity index is 1050. The molecule has 33 heavy (non-hydrogen) atoms. The SMILES string of the molecule is CCNC(=NCc1nc(-c2ccc(OC)cc2)n[nH]1)N1CCOC(c2ccccc2C)C1.I. The van der Waals surface area contributed by atoms with Gasteiger partial charge in [0.2, 0.25) is 0 Å². The fourth-order valence-electron chi connectivity index (χ4n) is 3.79. The van der Waals surface area contributed by atoms with Gasteiger partial charge in [-0.25, -0.2) is 9.98 Å². The molecule has 1 aliphatic heterocycles. The maximum Gasteiger partial charge on any atom is 0.194 e. The number of aryl methyl sites for hydroxylation is 1. The fourth-order valence-corrected chi connectivity index (χ4v) is 3.79. The minimum atomic E-state index is 0. The van der Waals surface area contributed by atoms with Gasteiger partial charge in [-0.2, -0.15) is 5.10 Å². The maximum absolute atomic E-state index is 6.07. The van der Waals surface area contributed by atoms with E-state index in [1.807, 2.05) is 24.3 Å². The smallest absolute Gasteiger partial charge is 0.194 e. The van der Waals surface area contributed by atoms with Crippen molar-refractivity contribution >= 4 is 29.9 Å². The summed E-state index contributed by atoms with van der Waals surface area (Å²) < 4.78 is 11.3. The Morgan fingerprint density at radius 2 is 2.03 bits per heavy atom. The minimum absolute atomic E-state index is 0. The van der Waals surface area contributed by atoms with Gasteiger partial charge in [0.15, 0.2) is 11.8 Å². The number of methoxy groups -OCH3 is 1. The first-order valence-corrected chi connectivity index (χ1v) is 10.9. The molecule has 0 amide bonds. The minimum Gasteiger partial charge on any atom is -0.497 e. The second-order valence-corrected chi connectivity index (χ2v) is 7.67. The van der Waals surface area contributed by atoms with E-state index in [-0.39, 0.29) is 30.1 Å². The van der Waals surface area contributed by atoms with Crippen LogP contribution in [0.25, 0.3) is 11.4 Å². The molecule has 0 bridgehead atoms. The van der Waals surface area contributed by atoms with E-state index in [0.29, 0.717) is 19.0 Å². The van der Waals surface area contributed by atoms with Gasteiger partial charge in [-0.15, -0.1) is 24.0 Å². The average Bonchev–Trinajstić information content (AvgIpc) is 3.31. The van der Waals surface area contributed by atoms with Gasteiger partial charge in [0.1, 0.15) is 24.2 Å². The summed E-state index contributed by atoms with van der Waals surface area (Å²) in [6, 6.07) is 16.1. The number of hydrogen-bond acceptors (Lipinski definition) is 5. The number of hydrogen-bond donors (Lipinski definition) is 2. The number of halogens is 1. The van der Waals surface area contributed by atoms with Crippen molar-refractivity contribution in [3.8, 4) is 17.1 Å². The molecule has 1 fully saturated rings. The molecule has 0 aliphatic carbocycles. The van der Waals surface area contributed by atoms with Gasteiger partial charge in [0, 0.05) is 18.7 Å². The third-order valence-corrected chi connectivity index (χ3v) is 5.49. The Labute approximate surface area is 211 Å². The van der Waals surface area contributed by atoms with Crippen LogP contribution in [0.1, 0.15) is 30.0 Å². The van der Waals surface area contributed by atoms with Crippen molar-refractivity contribution in [3.63, 3.8) is 0 Å². The number of morpholine rings is 1. The van der Waals surface area contributed by atoms with Gasteiger partial charge in [-0.1, -0.05) is 24.3 Å². The van der Waals surface area contributed by atoms with Crippen molar-refractivity contribution in [1.82, 2.24) is 25.4 Å². The zero-order valence-corrected chi connectivity index (χ0v) is 21.6. The molecule has 1 saturated heterocycles. The normalized spacial score (nSPS) is 16.3. The number of aromatic amines is 1. The summed E-state index contributed by atoms with van der Waals surface area (Å²) in [4.78, 5) is 11.7. The molecule has 9 heteroatoms. The molecule has 1 unspecified atom stereocenters. The Morgan fingerprint density at radius 1 is 1.24 bits per heavy atom. The van der Waals surface area contributed by atoms with Crippen LogP contribution < -0.4 is 10.1 Å². The molecule has 3 aromatic rings. The largest absolute Gasteiger partial charge is 0.497 e. The molecule has 0 spiro atoms.